The van der Waals surface area contributed by atoms with Crippen molar-refractivity contribution >= 4 is 5.97 Å². The van der Waals surface area contributed by atoms with Gasteiger partial charge in [-0.3, -0.25) is 4.90 Å². The van der Waals surface area contributed by atoms with Crippen LogP contribution in [0, 0.1) is 5.92 Å². The number of rotatable bonds is 6. The summed E-state index contributed by atoms with van der Waals surface area (Å²) in [5.74, 6) is 0.723. The van der Waals surface area contributed by atoms with Crippen molar-refractivity contribution in [3.05, 3.63) is 42.0 Å². The molecule has 132 valence electrons. The smallest absolute Gasteiger partial charge is 0.344 e. The van der Waals surface area contributed by atoms with E-state index in [1.54, 1.807) is 0 Å². The van der Waals surface area contributed by atoms with Crippen molar-refractivity contribution in [3.8, 4) is 5.75 Å². The number of esters is 1. The van der Waals surface area contributed by atoms with Gasteiger partial charge in [-0.15, -0.1) is 0 Å². The van der Waals surface area contributed by atoms with Crippen LogP contribution in [0.15, 0.2) is 42.0 Å². The van der Waals surface area contributed by atoms with Gasteiger partial charge in [-0.25, -0.2) is 4.79 Å². The fourth-order valence-electron chi connectivity index (χ4n) is 2.97. The van der Waals surface area contributed by atoms with Crippen LogP contribution < -0.4 is 4.74 Å². The summed E-state index contributed by atoms with van der Waals surface area (Å²) in [6.07, 6.45) is 3.09. The molecular weight excluding hydrogens is 302 g/mol. The van der Waals surface area contributed by atoms with Gasteiger partial charge < -0.3 is 9.47 Å². The summed E-state index contributed by atoms with van der Waals surface area (Å²) >= 11 is 0. The molecule has 3 unspecified atom stereocenters. The lowest BCUT2D eigenvalue weighted by Gasteiger charge is -2.40. The van der Waals surface area contributed by atoms with Crippen molar-refractivity contribution in [3.63, 3.8) is 0 Å². The van der Waals surface area contributed by atoms with Crippen LogP contribution in [-0.2, 0) is 9.53 Å². The summed E-state index contributed by atoms with van der Waals surface area (Å²) in [4.78, 5) is 14.5. The first-order valence-corrected chi connectivity index (χ1v) is 8.70. The van der Waals surface area contributed by atoms with Crippen LogP contribution in [0.1, 0.15) is 34.1 Å². The second-order valence-corrected chi connectivity index (χ2v) is 6.93. The van der Waals surface area contributed by atoms with E-state index in [1.807, 2.05) is 30.3 Å². The highest BCUT2D eigenvalue weighted by Gasteiger charge is 2.32. The third-order valence-corrected chi connectivity index (χ3v) is 4.47. The van der Waals surface area contributed by atoms with Crippen LogP contribution in [0.4, 0.5) is 0 Å². The van der Waals surface area contributed by atoms with E-state index in [0.29, 0.717) is 17.7 Å². The molecule has 1 aliphatic heterocycles. The molecule has 0 spiro atoms. The molecule has 24 heavy (non-hydrogen) atoms. The molecule has 1 aromatic rings. The van der Waals surface area contributed by atoms with Gasteiger partial charge in [0.05, 0.1) is 0 Å². The van der Waals surface area contributed by atoms with Crippen LogP contribution in [0.2, 0.25) is 0 Å². The molecule has 0 N–H and O–H groups in total. The molecule has 0 saturated carbocycles. The van der Waals surface area contributed by atoms with Crippen molar-refractivity contribution < 1.29 is 14.3 Å². The van der Waals surface area contributed by atoms with Crippen molar-refractivity contribution in [2.75, 3.05) is 19.7 Å². The highest BCUT2D eigenvalue weighted by atomic mass is 16.6. The molecule has 1 aliphatic rings. The number of allylic oxidation sites excluding steroid dienone is 1. The predicted molar refractivity (Wildman–Crippen MR) is 96.1 cm³/mol. The Morgan fingerprint density at radius 1 is 1.25 bits per heavy atom. The number of carbonyl (C=O) groups is 1. The van der Waals surface area contributed by atoms with Gasteiger partial charge in [0.2, 0.25) is 0 Å². The van der Waals surface area contributed by atoms with E-state index in [4.69, 9.17) is 9.47 Å². The van der Waals surface area contributed by atoms with Gasteiger partial charge in [0.1, 0.15) is 11.9 Å². The van der Waals surface area contributed by atoms with Crippen LogP contribution in [0.3, 0.4) is 0 Å². The summed E-state index contributed by atoms with van der Waals surface area (Å²) in [5.41, 5.74) is 1.33. The van der Waals surface area contributed by atoms with Crippen LogP contribution >= 0.6 is 0 Å². The number of hydrogen-bond acceptors (Lipinski definition) is 4. The summed E-state index contributed by atoms with van der Waals surface area (Å²) in [6, 6.07) is 9.75. The van der Waals surface area contributed by atoms with Crippen molar-refractivity contribution in [1.82, 2.24) is 4.90 Å². The number of para-hydroxylation sites is 1. The lowest BCUT2D eigenvalue weighted by Crippen LogP contribution is -2.49. The van der Waals surface area contributed by atoms with Crippen LogP contribution in [-0.4, -0.2) is 42.7 Å². The Kier molecular flexibility index (Phi) is 6.85. The van der Waals surface area contributed by atoms with Crippen molar-refractivity contribution in [2.24, 2.45) is 5.92 Å². The van der Waals surface area contributed by atoms with E-state index in [0.717, 1.165) is 19.5 Å². The standard InChI is InChI=1S/C20H29NO3/c1-15(2)10-11-21-13-16(3)19(12-17(21)4)24-20(22)14-23-18-8-6-5-7-9-18/h5-10,16-17,19H,11-14H2,1-4H3. The zero-order valence-corrected chi connectivity index (χ0v) is 15.2. The van der Waals surface area contributed by atoms with E-state index < -0.39 is 0 Å². The van der Waals surface area contributed by atoms with Crippen molar-refractivity contribution in [2.45, 2.75) is 46.3 Å². The molecule has 1 saturated heterocycles. The van der Waals surface area contributed by atoms with Crippen molar-refractivity contribution in [1.29, 1.82) is 0 Å². The molecule has 0 amide bonds. The Morgan fingerprint density at radius 3 is 2.62 bits per heavy atom. The Balaban J connectivity index is 1.80. The normalized spacial score (nSPS) is 24.2. The SMILES string of the molecule is CC(C)=CCN1CC(C)C(OC(=O)COc2ccccc2)CC1C. The maximum absolute atomic E-state index is 12.1. The number of benzene rings is 1. The zero-order chi connectivity index (χ0) is 17.5. The first-order valence-electron chi connectivity index (χ1n) is 8.70. The first kappa shape index (κ1) is 18.5. The molecular formula is C20H29NO3. The fraction of sp³-hybridized carbons (Fsp3) is 0.550. The van der Waals surface area contributed by atoms with Gasteiger partial charge in [0.15, 0.2) is 6.61 Å². The third-order valence-electron chi connectivity index (χ3n) is 4.47. The molecule has 0 aliphatic carbocycles. The Hall–Kier alpha value is -1.81. The maximum atomic E-state index is 12.1. The highest BCUT2D eigenvalue weighted by Crippen LogP contribution is 2.25. The Labute approximate surface area is 145 Å². The minimum absolute atomic E-state index is 0.0326. The number of piperidine rings is 1. The van der Waals surface area contributed by atoms with E-state index in [1.165, 1.54) is 5.57 Å². The second kappa shape index (κ2) is 8.88. The molecule has 1 heterocycles. The average molecular weight is 331 g/mol. The number of likely N-dealkylation sites (tertiary alicyclic amines) is 1. The first-order chi connectivity index (χ1) is 11.5. The van der Waals surface area contributed by atoms with Gasteiger partial charge in [-0.05, 0) is 39.3 Å². The number of carbonyl (C=O) groups excluding carboxylic acids is 1. The molecule has 3 atom stereocenters. The summed E-state index contributed by atoms with van der Waals surface area (Å²) < 4.78 is 11.1. The van der Waals surface area contributed by atoms with Gasteiger partial charge in [0, 0.05) is 25.0 Å². The lowest BCUT2D eigenvalue weighted by molar-refractivity contribution is -0.158. The van der Waals surface area contributed by atoms with Gasteiger partial charge in [-0.2, -0.15) is 0 Å². The van der Waals surface area contributed by atoms with Gasteiger partial charge >= 0.3 is 5.97 Å². The Morgan fingerprint density at radius 2 is 1.96 bits per heavy atom. The predicted octanol–water partition coefficient (Wildman–Crippen LogP) is 3.67. The third kappa shape index (κ3) is 5.68. The average Bonchev–Trinajstić information content (AvgIpc) is 2.55. The van der Waals surface area contributed by atoms with E-state index in [2.05, 4.69) is 38.7 Å². The largest absolute Gasteiger partial charge is 0.482 e. The molecule has 4 heteroatoms. The minimum Gasteiger partial charge on any atom is -0.482 e. The molecule has 4 nitrogen and oxygen atoms in total. The topological polar surface area (TPSA) is 38.8 Å². The minimum atomic E-state index is -0.291. The number of hydrogen-bond donors (Lipinski definition) is 0. The lowest BCUT2D eigenvalue weighted by atomic mass is 9.91. The molecule has 0 aromatic heterocycles. The van der Waals surface area contributed by atoms with E-state index >= 15 is 0 Å². The summed E-state index contributed by atoms with van der Waals surface area (Å²) in [7, 11) is 0. The van der Waals surface area contributed by atoms with Crippen LogP contribution in [0.25, 0.3) is 0 Å². The zero-order valence-electron chi connectivity index (χ0n) is 15.2. The molecule has 1 aromatic carbocycles. The van der Waals surface area contributed by atoms with Crippen LogP contribution in [0.5, 0.6) is 5.75 Å². The quantitative estimate of drug-likeness (QED) is 0.589. The Bertz CT molecular complexity index is 551. The number of nitrogens with zero attached hydrogens (tertiary/aromatic N) is 1. The number of ether oxygens (including phenoxy) is 2. The van der Waals surface area contributed by atoms with E-state index in [-0.39, 0.29) is 18.7 Å². The summed E-state index contributed by atoms with van der Waals surface area (Å²) in [6.45, 7) is 10.5. The van der Waals surface area contributed by atoms with Gasteiger partial charge in [0.25, 0.3) is 0 Å². The summed E-state index contributed by atoms with van der Waals surface area (Å²) in [5, 5.41) is 0. The highest BCUT2D eigenvalue weighted by molar-refractivity contribution is 5.71. The maximum Gasteiger partial charge on any atom is 0.344 e. The second-order valence-electron chi connectivity index (χ2n) is 6.93. The molecule has 0 radical (unpaired) electrons. The molecule has 1 fully saturated rings. The van der Waals surface area contributed by atoms with Gasteiger partial charge in [-0.1, -0.05) is 36.8 Å². The molecule has 0 bridgehead atoms. The monoisotopic (exact) mass is 331 g/mol. The fourth-order valence-corrected chi connectivity index (χ4v) is 2.97. The molecule has 2 rings (SSSR count). The van der Waals surface area contributed by atoms with E-state index in [9.17, 15) is 4.79 Å².